The summed E-state index contributed by atoms with van der Waals surface area (Å²) >= 11 is 0. The van der Waals surface area contributed by atoms with E-state index in [9.17, 15) is 28.2 Å². The number of benzene rings is 1. The molecule has 0 bridgehead atoms. The van der Waals surface area contributed by atoms with Crippen molar-refractivity contribution in [1.29, 1.82) is 0 Å². The average Bonchev–Trinajstić information content (AvgIpc) is 2.34. The van der Waals surface area contributed by atoms with E-state index in [2.05, 4.69) is 0 Å². The molecule has 6 heteroatoms. The van der Waals surface area contributed by atoms with E-state index < -0.39 is 23.3 Å². The van der Waals surface area contributed by atoms with Crippen molar-refractivity contribution < 1.29 is 28.2 Å². The summed E-state index contributed by atoms with van der Waals surface area (Å²) in [5.41, 5.74) is -0.831. The van der Waals surface area contributed by atoms with Crippen molar-refractivity contribution in [1.82, 2.24) is 0 Å². The van der Waals surface area contributed by atoms with Gasteiger partial charge in [0.25, 0.3) is 5.78 Å². The van der Waals surface area contributed by atoms with Gasteiger partial charge in [-0.3, -0.25) is 4.79 Å². The van der Waals surface area contributed by atoms with Crippen molar-refractivity contribution in [2.45, 2.75) is 45.2 Å². The maximum atomic E-state index is 12.4. The summed E-state index contributed by atoms with van der Waals surface area (Å²) in [7, 11) is 0. The van der Waals surface area contributed by atoms with Gasteiger partial charge in [-0.1, -0.05) is 26.7 Å². The summed E-state index contributed by atoms with van der Waals surface area (Å²) < 4.78 is 37.3. The summed E-state index contributed by atoms with van der Waals surface area (Å²) in [6, 6.07) is 1.80. The molecule has 0 fully saturated rings. The standard InChI is InChI=1S/C14H17F3O3/c1-3-4-5-8(2)11-10(18)7-6-9(12(11)19)13(20)14(15,16)17/h6-8,18-19H,3-5H2,1-2H3. The van der Waals surface area contributed by atoms with Crippen LogP contribution < -0.4 is 0 Å². The molecule has 112 valence electrons. The Kier molecular flexibility index (Phi) is 5.03. The SMILES string of the molecule is CCCCC(C)c1c(O)ccc(C(=O)C(F)(F)F)c1O. The first-order valence-corrected chi connectivity index (χ1v) is 6.36. The predicted molar refractivity (Wildman–Crippen MR) is 68.1 cm³/mol. The van der Waals surface area contributed by atoms with Gasteiger partial charge in [-0.2, -0.15) is 13.2 Å². The van der Waals surface area contributed by atoms with Crippen LogP contribution in [0.25, 0.3) is 0 Å². The van der Waals surface area contributed by atoms with Crippen LogP contribution in [-0.4, -0.2) is 22.2 Å². The van der Waals surface area contributed by atoms with Crippen molar-refractivity contribution in [3.63, 3.8) is 0 Å². The lowest BCUT2D eigenvalue weighted by Crippen LogP contribution is -2.23. The number of Topliss-reactive ketones (excluding diaryl/α,β-unsaturated/α-hetero) is 1. The molecule has 3 nitrogen and oxygen atoms in total. The van der Waals surface area contributed by atoms with Gasteiger partial charge in [-0.25, -0.2) is 0 Å². The third kappa shape index (κ3) is 3.43. The maximum Gasteiger partial charge on any atom is 0.455 e. The Hall–Kier alpha value is -1.72. The van der Waals surface area contributed by atoms with Gasteiger partial charge in [0.1, 0.15) is 11.5 Å². The lowest BCUT2D eigenvalue weighted by Gasteiger charge is -2.17. The molecule has 0 saturated carbocycles. The van der Waals surface area contributed by atoms with Crippen LogP contribution in [0.2, 0.25) is 0 Å². The van der Waals surface area contributed by atoms with E-state index in [1.165, 1.54) is 0 Å². The lowest BCUT2D eigenvalue weighted by atomic mass is 9.91. The van der Waals surface area contributed by atoms with Crippen LogP contribution in [0.1, 0.15) is 54.9 Å². The topological polar surface area (TPSA) is 57.5 Å². The smallest absolute Gasteiger partial charge is 0.455 e. The zero-order chi connectivity index (χ0) is 15.5. The van der Waals surface area contributed by atoms with E-state index in [0.717, 1.165) is 25.0 Å². The van der Waals surface area contributed by atoms with Crippen LogP contribution >= 0.6 is 0 Å². The average molecular weight is 290 g/mol. The molecule has 1 aromatic rings. The minimum atomic E-state index is -5.06. The van der Waals surface area contributed by atoms with Gasteiger partial charge in [-0.05, 0) is 24.5 Å². The summed E-state index contributed by atoms with van der Waals surface area (Å²) in [6.45, 7) is 3.64. The van der Waals surface area contributed by atoms with Crippen molar-refractivity contribution in [2.24, 2.45) is 0 Å². The van der Waals surface area contributed by atoms with Gasteiger partial charge in [0.05, 0.1) is 5.56 Å². The Balaban J connectivity index is 3.23. The van der Waals surface area contributed by atoms with E-state index in [4.69, 9.17) is 0 Å². The van der Waals surface area contributed by atoms with Crippen LogP contribution in [0.4, 0.5) is 13.2 Å². The summed E-state index contributed by atoms with van der Waals surface area (Å²) in [5, 5.41) is 19.6. The summed E-state index contributed by atoms with van der Waals surface area (Å²) in [4.78, 5) is 11.2. The van der Waals surface area contributed by atoms with Gasteiger partial charge in [-0.15, -0.1) is 0 Å². The Labute approximate surface area is 115 Å². The highest BCUT2D eigenvalue weighted by Crippen LogP contribution is 2.40. The van der Waals surface area contributed by atoms with Crippen molar-refractivity contribution in [3.8, 4) is 11.5 Å². The molecule has 0 aliphatic carbocycles. The molecule has 2 N–H and O–H groups in total. The number of phenolic OH excluding ortho intramolecular Hbond substituents is 2. The molecular formula is C14H17F3O3. The van der Waals surface area contributed by atoms with Crippen LogP contribution in [0.3, 0.4) is 0 Å². The number of rotatable bonds is 5. The van der Waals surface area contributed by atoms with Crippen molar-refractivity contribution in [3.05, 3.63) is 23.3 Å². The zero-order valence-electron chi connectivity index (χ0n) is 11.3. The first-order valence-electron chi connectivity index (χ1n) is 6.36. The first-order chi connectivity index (χ1) is 9.20. The Morgan fingerprint density at radius 1 is 1.30 bits per heavy atom. The van der Waals surface area contributed by atoms with E-state index in [-0.39, 0.29) is 17.2 Å². The number of halogens is 3. The normalized spacial score (nSPS) is 13.2. The van der Waals surface area contributed by atoms with E-state index in [1.807, 2.05) is 6.92 Å². The molecule has 0 heterocycles. The molecule has 1 rings (SSSR count). The molecule has 0 aliphatic rings. The quantitative estimate of drug-likeness (QED) is 0.801. The number of hydrogen-bond acceptors (Lipinski definition) is 3. The largest absolute Gasteiger partial charge is 0.508 e. The molecule has 20 heavy (non-hydrogen) atoms. The van der Waals surface area contributed by atoms with Crippen LogP contribution in [0.5, 0.6) is 11.5 Å². The number of carbonyl (C=O) groups excluding carboxylic acids is 1. The highest BCUT2D eigenvalue weighted by molar-refractivity contribution is 6.03. The third-order valence-electron chi connectivity index (χ3n) is 3.18. The van der Waals surface area contributed by atoms with Crippen molar-refractivity contribution >= 4 is 5.78 Å². The second-order valence-electron chi connectivity index (χ2n) is 4.76. The number of ketones is 1. The van der Waals surface area contributed by atoms with E-state index in [0.29, 0.717) is 6.42 Å². The fraction of sp³-hybridized carbons (Fsp3) is 0.500. The molecule has 0 saturated heterocycles. The molecule has 0 amide bonds. The van der Waals surface area contributed by atoms with Gasteiger partial charge >= 0.3 is 6.18 Å². The zero-order valence-corrected chi connectivity index (χ0v) is 11.3. The van der Waals surface area contributed by atoms with Gasteiger partial charge in [0.15, 0.2) is 0 Å². The second kappa shape index (κ2) is 6.15. The lowest BCUT2D eigenvalue weighted by molar-refractivity contribution is -0.0886. The first kappa shape index (κ1) is 16.3. The van der Waals surface area contributed by atoms with Crippen molar-refractivity contribution in [2.75, 3.05) is 0 Å². The van der Waals surface area contributed by atoms with Crippen LogP contribution in [-0.2, 0) is 0 Å². The molecule has 0 aromatic heterocycles. The maximum absolute atomic E-state index is 12.4. The minimum Gasteiger partial charge on any atom is -0.508 e. The fourth-order valence-electron chi connectivity index (χ4n) is 2.07. The molecule has 0 aliphatic heterocycles. The predicted octanol–water partition coefficient (Wildman–Crippen LogP) is 4.14. The summed E-state index contributed by atoms with van der Waals surface area (Å²) in [5.74, 6) is -3.53. The Bertz CT molecular complexity index is 495. The number of hydrogen-bond donors (Lipinski definition) is 2. The molecule has 1 atom stereocenters. The number of carbonyl (C=O) groups is 1. The van der Waals surface area contributed by atoms with Gasteiger partial charge in [0.2, 0.25) is 0 Å². The highest BCUT2D eigenvalue weighted by Gasteiger charge is 2.41. The minimum absolute atomic E-state index is 0.00597. The molecule has 1 unspecified atom stereocenters. The Morgan fingerprint density at radius 2 is 1.90 bits per heavy atom. The van der Waals surface area contributed by atoms with E-state index >= 15 is 0 Å². The number of unbranched alkanes of at least 4 members (excludes halogenated alkanes) is 1. The molecule has 0 spiro atoms. The molecule has 1 aromatic carbocycles. The number of aromatic hydroxyl groups is 2. The number of alkyl halides is 3. The Morgan fingerprint density at radius 3 is 2.40 bits per heavy atom. The van der Waals surface area contributed by atoms with Gasteiger partial charge < -0.3 is 10.2 Å². The molecule has 0 radical (unpaired) electrons. The molecular weight excluding hydrogens is 273 g/mol. The van der Waals surface area contributed by atoms with E-state index in [1.54, 1.807) is 6.92 Å². The van der Waals surface area contributed by atoms with Crippen LogP contribution in [0, 0.1) is 0 Å². The second-order valence-corrected chi connectivity index (χ2v) is 4.76. The third-order valence-corrected chi connectivity index (χ3v) is 3.18. The monoisotopic (exact) mass is 290 g/mol. The van der Waals surface area contributed by atoms with Crippen LogP contribution in [0.15, 0.2) is 12.1 Å². The summed E-state index contributed by atoms with van der Waals surface area (Å²) in [6.07, 6.45) is -2.77. The highest BCUT2D eigenvalue weighted by atomic mass is 19.4. The van der Waals surface area contributed by atoms with Gasteiger partial charge in [0, 0.05) is 5.56 Å². The number of phenols is 2. The fourth-order valence-corrected chi connectivity index (χ4v) is 2.07.